The topological polar surface area (TPSA) is 47.9 Å². The van der Waals surface area contributed by atoms with Crippen molar-refractivity contribution in [2.24, 2.45) is 0 Å². The van der Waals surface area contributed by atoms with Gasteiger partial charge in [0.2, 0.25) is 0 Å². The monoisotopic (exact) mass is 410 g/mol. The van der Waals surface area contributed by atoms with E-state index in [1.54, 1.807) is 7.11 Å². The second kappa shape index (κ2) is 10.4. The number of aliphatic hydroxyl groups is 1. The Balaban J connectivity index is 2.28. The Morgan fingerprint density at radius 1 is 1.23 bits per heavy atom. The molecule has 1 aromatic carbocycles. The van der Waals surface area contributed by atoms with E-state index in [0.717, 1.165) is 35.3 Å². The van der Waals surface area contributed by atoms with Crippen molar-refractivity contribution >= 4 is 6.08 Å². The van der Waals surface area contributed by atoms with Crippen LogP contribution in [-0.4, -0.2) is 24.4 Å². The maximum atomic E-state index is 9.80. The second-order valence-electron chi connectivity index (χ2n) is 8.03. The van der Waals surface area contributed by atoms with Crippen LogP contribution in [-0.2, 0) is 11.3 Å². The lowest BCUT2D eigenvalue weighted by atomic mass is 9.99. The maximum absolute atomic E-state index is 9.80. The van der Waals surface area contributed by atoms with Gasteiger partial charge in [0.15, 0.2) is 0 Å². The van der Waals surface area contributed by atoms with Crippen LogP contribution in [0.3, 0.4) is 0 Å². The average molecular weight is 411 g/mol. The van der Waals surface area contributed by atoms with Gasteiger partial charge in [-0.25, -0.2) is 0 Å². The Labute approximate surface area is 180 Å². The molecule has 0 aromatic heterocycles. The molecular formula is C26H34O4. The van der Waals surface area contributed by atoms with Crippen molar-refractivity contribution in [3.05, 3.63) is 77.1 Å². The molecule has 0 radical (unpaired) electrons. The fraction of sp³-hybridized carbons (Fsp3) is 0.385. The predicted molar refractivity (Wildman–Crippen MR) is 124 cm³/mol. The summed E-state index contributed by atoms with van der Waals surface area (Å²) in [5.41, 5.74) is 3.95. The van der Waals surface area contributed by atoms with Crippen molar-refractivity contribution in [2.75, 3.05) is 13.7 Å². The lowest BCUT2D eigenvalue weighted by Gasteiger charge is -2.29. The molecule has 30 heavy (non-hydrogen) atoms. The van der Waals surface area contributed by atoms with E-state index in [1.807, 2.05) is 44.2 Å². The number of fused-ring (bicyclic) bond motifs is 1. The first-order chi connectivity index (χ1) is 14.2. The average Bonchev–Trinajstić information content (AvgIpc) is 2.71. The van der Waals surface area contributed by atoms with Gasteiger partial charge in [0.25, 0.3) is 0 Å². The number of rotatable bonds is 10. The van der Waals surface area contributed by atoms with Crippen LogP contribution in [0.5, 0.6) is 11.5 Å². The van der Waals surface area contributed by atoms with Crippen LogP contribution in [0.2, 0.25) is 0 Å². The number of ether oxygens (including phenoxy) is 3. The summed E-state index contributed by atoms with van der Waals surface area (Å²) in [6.07, 6.45) is 10.1. The second-order valence-corrected chi connectivity index (χ2v) is 8.03. The molecule has 0 saturated carbocycles. The van der Waals surface area contributed by atoms with Gasteiger partial charge >= 0.3 is 0 Å². The standard InChI is InChI=1S/C26H34O4/c1-8-9-18(2)10-12-22(20(4)28-7)19(3)17-29-25-21(16-27)11-13-24-23(25)14-15-26(5,6)30-24/h10-15,27H,3-4,8-9,16-17H2,1-2,5-7H3/b18-10+,22-12-. The van der Waals surface area contributed by atoms with Crippen LogP contribution in [0.15, 0.2) is 66.0 Å². The quantitative estimate of drug-likeness (QED) is 0.372. The molecule has 0 bridgehead atoms. The van der Waals surface area contributed by atoms with E-state index in [1.165, 1.54) is 5.57 Å². The molecule has 0 saturated heterocycles. The van der Waals surface area contributed by atoms with E-state index in [2.05, 4.69) is 33.1 Å². The van der Waals surface area contributed by atoms with Gasteiger partial charge in [-0.05, 0) is 57.0 Å². The van der Waals surface area contributed by atoms with E-state index in [0.29, 0.717) is 17.1 Å². The number of allylic oxidation sites excluding steroid dienone is 4. The molecular weight excluding hydrogens is 376 g/mol. The molecule has 1 heterocycles. The molecule has 0 amide bonds. The smallest absolute Gasteiger partial charge is 0.136 e. The Morgan fingerprint density at radius 3 is 2.60 bits per heavy atom. The van der Waals surface area contributed by atoms with Crippen molar-refractivity contribution in [1.29, 1.82) is 0 Å². The van der Waals surface area contributed by atoms with Crippen molar-refractivity contribution in [2.45, 2.75) is 52.7 Å². The highest BCUT2D eigenvalue weighted by Gasteiger charge is 2.25. The highest BCUT2D eigenvalue weighted by atomic mass is 16.5. The first-order valence-corrected chi connectivity index (χ1v) is 10.3. The number of benzene rings is 1. The summed E-state index contributed by atoms with van der Waals surface area (Å²) in [4.78, 5) is 0. The molecule has 0 atom stereocenters. The minimum absolute atomic E-state index is 0.126. The van der Waals surface area contributed by atoms with Crippen LogP contribution in [0.4, 0.5) is 0 Å². The van der Waals surface area contributed by atoms with Gasteiger partial charge in [0.1, 0.15) is 29.5 Å². The minimum atomic E-state index is -0.386. The van der Waals surface area contributed by atoms with Crippen molar-refractivity contribution in [3.63, 3.8) is 0 Å². The molecule has 0 aliphatic carbocycles. The third kappa shape index (κ3) is 5.90. The third-order valence-corrected chi connectivity index (χ3v) is 4.93. The molecule has 0 fully saturated rings. The van der Waals surface area contributed by atoms with E-state index in [9.17, 15) is 5.11 Å². The highest BCUT2D eigenvalue weighted by Crippen LogP contribution is 2.39. The van der Waals surface area contributed by atoms with Gasteiger partial charge in [-0.2, -0.15) is 0 Å². The summed E-state index contributed by atoms with van der Waals surface area (Å²) in [5.74, 6) is 1.87. The molecule has 4 heteroatoms. The normalized spacial score (nSPS) is 15.3. The number of aliphatic hydroxyl groups excluding tert-OH is 1. The van der Waals surface area contributed by atoms with Gasteiger partial charge in [-0.15, -0.1) is 0 Å². The van der Waals surface area contributed by atoms with Gasteiger partial charge in [0, 0.05) is 11.1 Å². The number of hydrogen-bond donors (Lipinski definition) is 1. The highest BCUT2D eigenvalue weighted by molar-refractivity contribution is 5.69. The fourth-order valence-corrected chi connectivity index (χ4v) is 3.23. The summed E-state index contributed by atoms with van der Waals surface area (Å²) in [6.45, 7) is 16.5. The van der Waals surface area contributed by atoms with Crippen molar-refractivity contribution < 1.29 is 19.3 Å². The largest absolute Gasteiger partial charge is 0.497 e. The fourth-order valence-electron chi connectivity index (χ4n) is 3.23. The molecule has 1 N–H and O–H groups in total. The van der Waals surface area contributed by atoms with Gasteiger partial charge in [-0.1, -0.05) is 44.2 Å². The Hall–Kier alpha value is -2.72. The van der Waals surface area contributed by atoms with Crippen LogP contribution >= 0.6 is 0 Å². The predicted octanol–water partition coefficient (Wildman–Crippen LogP) is 6.13. The Bertz CT molecular complexity index is 885. The molecule has 162 valence electrons. The van der Waals surface area contributed by atoms with E-state index in [-0.39, 0.29) is 18.8 Å². The molecule has 1 aliphatic heterocycles. The Kier molecular flexibility index (Phi) is 8.13. The zero-order valence-electron chi connectivity index (χ0n) is 18.9. The Morgan fingerprint density at radius 2 is 1.97 bits per heavy atom. The van der Waals surface area contributed by atoms with Gasteiger partial charge in [0.05, 0.1) is 19.3 Å². The molecule has 1 aromatic rings. The third-order valence-electron chi connectivity index (χ3n) is 4.93. The summed E-state index contributed by atoms with van der Waals surface area (Å²) >= 11 is 0. The van der Waals surface area contributed by atoms with Gasteiger partial charge in [-0.3, -0.25) is 0 Å². The first kappa shape index (κ1) is 23.6. The van der Waals surface area contributed by atoms with E-state index < -0.39 is 0 Å². The summed E-state index contributed by atoms with van der Waals surface area (Å²) < 4.78 is 17.5. The number of methoxy groups -OCH3 is 1. The maximum Gasteiger partial charge on any atom is 0.136 e. The van der Waals surface area contributed by atoms with Crippen LogP contribution < -0.4 is 9.47 Å². The van der Waals surface area contributed by atoms with E-state index >= 15 is 0 Å². The van der Waals surface area contributed by atoms with Crippen LogP contribution in [0.1, 0.15) is 51.7 Å². The SMILES string of the molecule is C=C(COc1c(CO)ccc2c1C=CC(C)(C)O2)/C(=C/C=C(\C)CCC)C(=C)OC. The zero-order chi connectivity index (χ0) is 22.3. The molecule has 2 rings (SSSR count). The van der Waals surface area contributed by atoms with E-state index in [4.69, 9.17) is 14.2 Å². The molecule has 0 unspecified atom stereocenters. The van der Waals surface area contributed by atoms with Crippen molar-refractivity contribution in [1.82, 2.24) is 0 Å². The minimum Gasteiger partial charge on any atom is -0.497 e. The summed E-state index contributed by atoms with van der Waals surface area (Å²) in [6, 6.07) is 3.70. The first-order valence-electron chi connectivity index (χ1n) is 10.3. The van der Waals surface area contributed by atoms with Crippen molar-refractivity contribution in [3.8, 4) is 11.5 Å². The summed E-state index contributed by atoms with van der Waals surface area (Å²) in [5, 5.41) is 9.80. The molecule has 1 aliphatic rings. The summed E-state index contributed by atoms with van der Waals surface area (Å²) in [7, 11) is 1.59. The van der Waals surface area contributed by atoms with Crippen LogP contribution in [0, 0.1) is 0 Å². The molecule has 4 nitrogen and oxygen atoms in total. The number of hydrogen-bond acceptors (Lipinski definition) is 4. The zero-order valence-corrected chi connectivity index (χ0v) is 18.9. The molecule has 0 spiro atoms. The van der Waals surface area contributed by atoms with Crippen LogP contribution in [0.25, 0.3) is 6.08 Å². The van der Waals surface area contributed by atoms with Gasteiger partial charge < -0.3 is 19.3 Å². The lowest BCUT2D eigenvalue weighted by molar-refractivity contribution is 0.157. The lowest BCUT2D eigenvalue weighted by Crippen LogP contribution is -2.27.